The molecule has 0 fully saturated rings. The van der Waals surface area contributed by atoms with Gasteiger partial charge in [-0.3, -0.25) is 13.9 Å². The molecule has 0 aliphatic rings. The second-order valence-electron chi connectivity index (χ2n) is 9.70. The first-order valence-electron chi connectivity index (χ1n) is 13.9. The standard InChI is InChI=1S/C31H37Cl2N3O6S/c1-5-7-17-34-31(38)27(6-2)35(20-22-13-15-25(32)26(33)18-22)30(37)21-36(23-11-9-8-10-12-23)43(39,40)24-14-16-28(41-3)29(19-24)42-4/h8-16,18-19,27H,5-7,17,20-21H2,1-4H3,(H,34,38). The fraction of sp³-hybridized carbons (Fsp3) is 0.355. The average molecular weight is 651 g/mol. The number of rotatable bonds is 15. The maximum atomic E-state index is 14.2. The summed E-state index contributed by atoms with van der Waals surface area (Å²) < 4.78 is 39.8. The van der Waals surface area contributed by atoms with Gasteiger partial charge in [-0.1, -0.05) is 67.7 Å². The molecule has 9 nitrogen and oxygen atoms in total. The van der Waals surface area contributed by atoms with Crippen LogP contribution in [0.25, 0.3) is 0 Å². The van der Waals surface area contributed by atoms with Crippen molar-refractivity contribution < 1.29 is 27.5 Å². The van der Waals surface area contributed by atoms with E-state index in [4.69, 9.17) is 32.7 Å². The van der Waals surface area contributed by atoms with Crippen LogP contribution in [0.2, 0.25) is 10.0 Å². The highest BCUT2D eigenvalue weighted by Gasteiger charge is 2.34. The Kier molecular flexibility index (Phi) is 12.5. The Morgan fingerprint density at radius 2 is 1.60 bits per heavy atom. The molecule has 3 aromatic carbocycles. The molecule has 0 saturated heterocycles. The smallest absolute Gasteiger partial charge is 0.264 e. The number of carbonyl (C=O) groups excluding carboxylic acids is 2. The Bertz CT molecular complexity index is 1500. The lowest BCUT2D eigenvalue weighted by molar-refractivity contribution is -0.140. The number of benzene rings is 3. The highest BCUT2D eigenvalue weighted by Crippen LogP contribution is 2.32. The lowest BCUT2D eigenvalue weighted by atomic mass is 10.1. The second-order valence-corrected chi connectivity index (χ2v) is 12.4. The van der Waals surface area contributed by atoms with Crippen molar-refractivity contribution >= 4 is 50.7 Å². The van der Waals surface area contributed by atoms with E-state index in [1.54, 1.807) is 55.5 Å². The molecule has 2 amide bonds. The van der Waals surface area contributed by atoms with Gasteiger partial charge in [0.05, 0.1) is 34.8 Å². The van der Waals surface area contributed by atoms with Gasteiger partial charge in [-0.25, -0.2) is 8.42 Å². The minimum atomic E-state index is -4.28. The fourth-order valence-electron chi connectivity index (χ4n) is 4.49. The fourth-order valence-corrected chi connectivity index (χ4v) is 6.24. The summed E-state index contributed by atoms with van der Waals surface area (Å²) in [7, 11) is -1.43. The molecule has 0 spiro atoms. The average Bonchev–Trinajstić information content (AvgIpc) is 3.01. The number of nitrogens with one attached hydrogen (secondary N) is 1. The van der Waals surface area contributed by atoms with Crippen LogP contribution in [0.5, 0.6) is 11.5 Å². The van der Waals surface area contributed by atoms with Crippen LogP contribution in [0.1, 0.15) is 38.7 Å². The topological polar surface area (TPSA) is 105 Å². The third-order valence-electron chi connectivity index (χ3n) is 6.82. The number of halogens is 2. The van der Waals surface area contributed by atoms with Gasteiger partial charge in [0, 0.05) is 19.2 Å². The Morgan fingerprint density at radius 3 is 2.21 bits per heavy atom. The van der Waals surface area contributed by atoms with Gasteiger partial charge in [-0.15, -0.1) is 0 Å². The Hall–Kier alpha value is -3.47. The van der Waals surface area contributed by atoms with Crippen molar-refractivity contribution in [3.05, 3.63) is 82.3 Å². The summed E-state index contributed by atoms with van der Waals surface area (Å²) in [5.41, 5.74) is 0.914. The van der Waals surface area contributed by atoms with E-state index in [0.717, 1.165) is 17.1 Å². The monoisotopic (exact) mass is 649 g/mol. The number of methoxy groups -OCH3 is 2. The van der Waals surface area contributed by atoms with Crippen LogP contribution in [0.15, 0.2) is 71.6 Å². The summed E-state index contributed by atoms with van der Waals surface area (Å²) in [4.78, 5) is 28.8. The first-order valence-corrected chi connectivity index (χ1v) is 16.1. The van der Waals surface area contributed by atoms with Crippen molar-refractivity contribution in [2.75, 3.05) is 31.6 Å². The molecule has 0 radical (unpaired) electrons. The summed E-state index contributed by atoms with van der Waals surface area (Å²) in [6, 6.07) is 16.6. The highest BCUT2D eigenvalue weighted by molar-refractivity contribution is 7.92. The van der Waals surface area contributed by atoms with Crippen LogP contribution >= 0.6 is 23.2 Å². The molecule has 0 bridgehead atoms. The minimum Gasteiger partial charge on any atom is -0.493 e. The summed E-state index contributed by atoms with van der Waals surface area (Å²) in [5.74, 6) is -0.315. The number of para-hydroxylation sites is 1. The molecule has 43 heavy (non-hydrogen) atoms. The molecule has 3 aromatic rings. The predicted molar refractivity (Wildman–Crippen MR) is 170 cm³/mol. The summed E-state index contributed by atoms with van der Waals surface area (Å²) >= 11 is 12.4. The molecule has 3 rings (SSSR count). The van der Waals surface area contributed by atoms with Crippen LogP contribution in [-0.2, 0) is 26.2 Å². The molecule has 232 valence electrons. The van der Waals surface area contributed by atoms with Gasteiger partial charge in [0.1, 0.15) is 12.6 Å². The molecule has 0 aromatic heterocycles. The molecule has 0 aliphatic carbocycles. The Morgan fingerprint density at radius 1 is 0.907 bits per heavy atom. The summed E-state index contributed by atoms with van der Waals surface area (Å²) in [6.45, 7) is 3.72. The van der Waals surface area contributed by atoms with Crippen molar-refractivity contribution in [2.45, 2.75) is 50.6 Å². The third kappa shape index (κ3) is 8.55. The van der Waals surface area contributed by atoms with Gasteiger partial charge in [-0.2, -0.15) is 0 Å². The molecular weight excluding hydrogens is 613 g/mol. The number of carbonyl (C=O) groups is 2. The van der Waals surface area contributed by atoms with E-state index < -0.39 is 28.5 Å². The number of ether oxygens (including phenoxy) is 2. The van der Waals surface area contributed by atoms with Gasteiger partial charge in [0.15, 0.2) is 11.5 Å². The predicted octanol–water partition coefficient (Wildman–Crippen LogP) is 5.93. The van der Waals surface area contributed by atoms with E-state index in [-0.39, 0.29) is 28.8 Å². The van der Waals surface area contributed by atoms with Crippen LogP contribution in [-0.4, -0.2) is 58.5 Å². The van der Waals surface area contributed by atoms with Gasteiger partial charge >= 0.3 is 0 Å². The number of amides is 2. The van der Waals surface area contributed by atoms with Crippen LogP contribution < -0.4 is 19.1 Å². The van der Waals surface area contributed by atoms with Crippen LogP contribution in [0, 0.1) is 0 Å². The summed E-state index contributed by atoms with van der Waals surface area (Å²) in [5, 5.41) is 3.55. The number of sulfonamides is 1. The van der Waals surface area contributed by atoms with Crippen molar-refractivity contribution in [3.63, 3.8) is 0 Å². The van der Waals surface area contributed by atoms with Gasteiger partial charge in [0.25, 0.3) is 10.0 Å². The lowest BCUT2D eigenvalue weighted by Gasteiger charge is -2.33. The van der Waals surface area contributed by atoms with E-state index in [1.165, 1.54) is 37.3 Å². The van der Waals surface area contributed by atoms with Crippen molar-refractivity contribution in [3.8, 4) is 11.5 Å². The van der Waals surface area contributed by atoms with Crippen molar-refractivity contribution in [1.82, 2.24) is 10.2 Å². The molecule has 1 N–H and O–H groups in total. The van der Waals surface area contributed by atoms with Gasteiger partial charge in [0.2, 0.25) is 11.8 Å². The maximum Gasteiger partial charge on any atom is 0.264 e. The molecule has 0 saturated carbocycles. The third-order valence-corrected chi connectivity index (χ3v) is 9.33. The van der Waals surface area contributed by atoms with E-state index in [0.29, 0.717) is 34.3 Å². The van der Waals surface area contributed by atoms with E-state index in [1.807, 2.05) is 6.92 Å². The highest BCUT2D eigenvalue weighted by atomic mass is 35.5. The normalized spacial score (nSPS) is 11.9. The summed E-state index contributed by atoms with van der Waals surface area (Å²) in [6.07, 6.45) is 1.98. The second kappa shape index (κ2) is 15.8. The number of nitrogens with zero attached hydrogens (tertiary/aromatic N) is 2. The number of hydrogen-bond acceptors (Lipinski definition) is 6. The zero-order valence-electron chi connectivity index (χ0n) is 24.7. The number of anilines is 1. The molecular formula is C31H37Cl2N3O6S. The molecule has 0 aliphatic heterocycles. The van der Waals surface area contributed by atoms with Crippen molar-refractivity contribution in [1.29, 1.82) is 0 Å². The Balaban J connectivity index is 2.06. The molecule has 1 atom stereocenters. The molecule has 0 heterocycles. The van der Waals surface area contributed by atoms with Crippen molar-refractivity contribution in [2.24, 2.45) is 0 Å². The zero-order chi connectivity index (χ0) is 31.6. The lowest BCUT2D eigenvalue weighted by Crippen LogP contribution is -2.52. The first kappa shape index (κ1) is 34.0. The molecule has 12 heteroatoms. The van der Waals surface area contributed by atoms with Crippen LogP contribution in [0.4, 0.5) is 5.69 Å². The SMILES string of the molecule is CCCCNC(=O)C(CC)N(Cc1ccc(Cl)c(Cl)c1)C(=O)CN(c1ccccc1)S(=O)(=O)c1ccc(OC)c(OC)c1. The first-order chi connectivity index (χ1) is 20.6. The molecule has 1 unspecified atom stereocenters. The van der Waals surface area contributed by atoms with E-state index in [9.17, 15) is 18.0 Å². The number of unbranched alkanes of at least 4 members (excludes halogenated alkanes) is 1. The van der Waals surface area contributed by atoms with Crippen LogP contribution in [0.3, 0.4) is 0 Å². The zero-order valence-corrected chi connectivity index (χ0v) is 27.0. The minimum absolute atomic E-state index is 0.00840. The maximum absolute atomic E-state index is 14.2. The largest absolute Gasteiger partial charge is 0.493 e. The Labute approximate surface area is 263 Å². The quantitative estimate of drug-likeness (QED) is 0.205. The van der Waals surface area contributed by atoms with Gasteiger partial charge in [-0.05, 0) is 54.8 Å². The van der Waals surface area contributed by atoms with E-state index >= 15 is 0 Å². The number of hydrogen-bond donors (Lipinski definition) is 1. The van der Waals surface area contributed by atoms with E-state index in [2.05, 4.69) is 5.32 Å². The van der Waals surface area contributed by atoms with Gasteiger partial charge < -0.3 is 19.7 Å².